The Bertz CT molecular complexity index is 483. The molecule has 2 aromatic heterocycles. The van der Waals surface area contributed by atoms with E-state index in [0.29, 0.717) is 12.5 Å². The van der Waals surface area contributed by atoms with Gasteiger partial charge in [-0.25, -0.2) is 9.97 Å². The van der Waals surface area contributed by atoms with Crippen molar-refractivity contribution in [3.8, 4) is 5.88 Å². The van der Waals surface area contributed by atoms with E-state index in [0.717, 1.165) is 30.1 Å². The van der Waals surface area contributed by atoms with E-state index in [2.05, 4.69) is 22.2 Å². The quantitative estimate of drug-likeness (QED) is 0.850. The van der Waals surface area contributed by atoms with Gasteiger partial charge in [0.25, 0.3) is 0 Å². The minimum absolute atomic E-state index is 0.378. The maximum atomic E-state index is 5.67. The Kier molecular flexibility index (Phi) is 4.17. The molecule has 1 N–H and O–H groups in total. The van der Waals surface area contributed by atoms with Crippen molar-refractivity contribution in [3.05, 3.63) is 36.0 Å². The minimum Gasteiger partial charge on any atom is -0.469 e. The monoisotopic (exact) mass is 247 g/mol. The van der Waals surface area contributed by atoms with Gasteiger partial charge in [-0.05, 0) is 25.5 Å². The van der Waals surface area contributed by atoms with Gasteiger partial charge >= 0.3 is 0 Å². The summed E-state index contributed by atoms with van der Waals surface area (Å²) in [4.78, 5) is 8.40. The molecule has 18 heavy (non-hydrogen) atoms. The molecule has 0 fully saturated rings. The fraction of sp³-hybridized carbons (Fsp3) is 0.385. The molecule has 0 unspecified atom stereocenters. The largest absolute Gasteiger partial charge is 0.469 e. The molecule has 0 atom stereocenters. The lowest BCUT2D eigenvalue weighted by Gasteiger charge is -2.12. The van der Waals surface area contributed by atoms with E-state index < -0.39 is 0 Å². The van der Waals surface area contributed by atoms with Crippen LogP contribution in [0.1, 0.15) is 25.2 Å². The molecule has 0 saturated heterocycles. The number of hydrogen-bond acceptors (Lipinski definition) is 5. The van der Waals surface area contributed by atoms with Crippen LogP contribution in [-0.2, 0) is 13.0 Å². The van der Waals surface area contributed by atoms with Crippen LogP contribution in [0.2, 0.25) is 0 Å². The highest BCUT2D eigenvalue weighted by Gasteiger charge is 2.10. The predicted octanol–water partition coefficient (Wildman–Crippen LogP) is 2.64. The molecule has 2 aromatic rings. The van der Waals surface area contributed by atoms with Crippen LogP contribution in [0.5, 0.6) is 5.88 Å². The maximum Gasteiger partial charge on any atom is 0.222 e. The summed E-state index contributed by atoms with van der Waals surface area (Å²) in [6.45, 7) is 5.29. The molecule has 0 aliphatic carbocycles. The first-order valence-electron chi connectivity index (χ1n) is 6.08. The third kappa shape index (κ3) is 2.80. The lowest BCUT2D eigenvalue weighted by atomic mass is 10.2. The summed E-state index contributed by atoms with van der Waals surface area (Å²) in [6, 6.07) is 3.71. The highest BCUT2D eigenvalue weighted by atomic mass is 16.5. The molecule has 0 aliphatic heterocycles. The van der Waals surface area contributed by atoms with Crippen LogP contribution in [0.4, 0.5) is 5.82 Å². The van der Waals surface area contributed by atoms with Crippen LogP contribution in [0.3, 0.4) is 0 Å². The van der Waals surface area contributed by atoms with Crippen LogP contribution in [-0.4, -0.2) is 16.5 Å². The topological polar surface area (TPSA) is 60.2 Å². The van der Waals surface area contributed by atoms with Crippen LogP contribution >= 0.6 is 0 Å². The van der Waals surface area contributed by atoms with Crippen molar-refractivity contribution in [2.45, 2.75) is 26.9 Å². The number of anilines is 1. The average molecular weight is 247 g/mol. The summed E-state index contributed by atoms with van der Waals surface area (Å²) < 4.78 is 10.9. The molecular weight excluding hydrogens is 230 g/mol. The molecule has 0 radical (unpaired) electrons. The minimum atomic E-state index is 0.378. The van der Waals surface area contributed by atoms with Gasteiger partial charge in [-0.1, -0.05) is 6.92 Å². The number of nitrogens with one attached hydrogen (secondary N) is 1. The zero-order valence-corrected chi connectivity index (χ0v) is 10.6. The van der Waals surface area contributed by atoms with Gasteiger partial charge in [-0.2, -0.15) is 0 Å². The summed E-state index contributed by atoms with van der Waals surface area (Å²) in [5, 5.41) is 3.21. The van der Waals surface area contributed by atoms with E-state index in [1.54, 1.807) is 6.26 Å². The maximum absolute atomic E-state index is 5.67. The van der Waals surface area contributed by atoms with Crippen molar-refractivity contribution >= 4 is 5.82 Å². The van der Waals surface area contributed by atoms with Gasteiger partial charge in [-0.3, -0.25) is 0 Å². The number of hydrogen-bond donors (Lipinski definition) is 1. The summed E-state index contributed by atoms with van der Waals surface area (Å²) in [5.41, 5.74) is 0.992. The number of aromatic nitrogens is 2. The molecule has 0 amide bonds. The number of ether oxygens (including phenoxy) is 1. The van der Waals surface area contributed by atoms with Crippen molar-refractivity contribution in [2.24, 2.45) is 0 Å². The van der Waals surface area contributed by atoms with Crippen LogP contribution in [0.15, 0.2) is 29.1 Å². The van der Waals surface area contributed by atoms with Crippen molar-refractivity contribution in [2.75, 3.05) is 11.9 Å². The van der Waals surface area contributed by atoms with Gasteiger partial charge in [0.05, 0.1) is 11.8 Å². The standard InChI is InChI=1S/C13H17N3O2/c1-3-11-12(14-4-2)15-9-16-13(11)18-8-10-6-5-7-17-10/h5-7,9H,3-4,8H2,1-2H3,(H,14,15,16). The molecule has 0 saturated carbocycles. The van der Waals surface area contributed by atoms with Gasteiger partial charge in [0.2, 0.25) is 5.88 Å². The predicted molar refractivity (Wildman–Crippen MR) is 68.6 cm³/mol. The van der Waals surface area contributed by atoms with Crippen LogP contribution < -0.4 is 10.1 Å². The summed E-state index contributed by atoms with van der Waals surface area (Å²) in [7, 11) is 0. The molecule has 2 rings (SSSR count). The number of rotatable bonds is 6. The van der Waals surface area contributed by atoms with Crippen molar-refractivity contribution < 1.29 is 9.15 Å². The first-order valence-corrected chi connectivity index (χ1v) is 6.08. The van der Waals surface area contributed by atoms with Gasteiger partial charge < -0.3 is 14.5 Å². The molecule has 0 bridgehead atoms. The fourth-order valence-electron chi connectivity index (χ4n) is 1.69. The molecule has 0 aromatic carbocycles. The average Bonchev–Trinajstić information content (AvgIpc) is 2.90. The van der Waals surface area contributed by atoms with E-state index in [1.807, 2.05) is 19.1 Å². The lowest BCUT2D eigenvalue weighted by Crippen LogP contribution is -2.07. The van der Waals surface area contributed by atoms with E-state index in [-0.39, 0.29) is 0 Å². The second-order valence-corrected chi connectivity index (χ2v) is 3.76. The molecule has 5 heteroatoms. The van der Waals surface area contributed by atoms with Crippen LogP contribution in [0, 0.1) is 0 Å². The Labute approximate surface area is 106 Å². The van der Waals surface area contributed by atoms with Crippen LogP contribution in [0.25, 0.3) is 0 Å². The van der Waals surface area contributed by atoms with Crippen molar-refractivity contribution in [1.29, 1.82) is 0 Å². The number of furan rings is 1. The Morgan fingerprint density at radius 1 is 1.33 bits per heavy atom. The van der Waals surface area contributed by atoms with Gasteiger partial charge in [0.15, 0.2) is 0 Å². The smallest absolute Gasteiger partial charge is 0.222 e. The first kappa shape index (κ1) is 12.4. The van der Waals surface area contributed by atoms with E-state index in [1.165, 1.54) is 6.33 Å². The zero-order chi connectivity index (χ0) is 12.8. The normalized spacial score (nSPS) is 10.3. The second kappa shape index (κ2) is 6.05. The molecule has 0 spiro atoms. The summed E-state index contributed by atoms with van der Waals surface area (Å²) in [5.74, 6) is 2.23. The Morgan fingerprint density at radius 3 is 2.89 bits per heavy atom. The Morgan fingerprint density at radius 2 is 2.22 bits per heavy atom. The van der Waals surface area contributed by atoms with E-state index >= 15 is 0 Å². The van der Waals surface area contributed by atoms with Crippen molar-refractivity contribution in [3.63, 3.8) is 0 Å². The van der Waals surface area contributed by atoms with Crippen molar-refractivity contribution in [1.82, 2.24) is 9.97 Å². The molecular formula is C13H17N3O2. The van der Waals surface area contributed by atoms with Gasteiger partial charge in [0.1, 0.15) is 24.5 Å². The zero-order valence-electron chi connectivity index (χ0n) is 10.6. The molecule has 0 aliphatic rings. The summed E-state index contributed by atoms with van der Waals surface area (Å²) in [6.07, 6.45) is 3.95. The second-order valence-electron chi connectivity index (χ2n) is 3.76. The first-order chi connectivity index (χ1) is 8.85. The molecule has 5 nitrogen and oxygen atoms in total. The summed E-state index contributed by atoms with van der Waals surface area (Å²) >= 11 is 0. The van der Waals surface area contributed by atoms with Gasteiger partial charge in [0, 0.05) is 6.54 Å². The van der Waals surface area contributed by atoms with E-state index in [4.69, 9.17) is 9.15 Å². The lowest BCUT2D eigenvalue weighted by molar-refractivity contribution is 0.258. The Balaban J connectivity index is 2.13. The highest BCUT2D eigenvalue weighted by Crippen LogP contribution is 2.23. The Hall–Kier alpha value is -2.04. The fourth-order valence-corrected chi connectivity index (χ4v) is 1.69. The molecule has 96 valence electrons. The molecule has 2 heterocycles. The number of nitrogens with zero attached hydrogens (tertiary/aromatic N) is 2. The van der Waals surface area contributed by atoms with Gasteiger partial charge in [-0.15, -0.1) is 0 Å². The van der Waals surface area contributed by atoms with E-state index in [9.17, 15) is 0 Å². The SMILES string of the molecule is CCNc1ncnc(OCc2ccco2)c1CC. The third-order valence-corrected chi connectivity index (χ3v) is 2.53. The third-order valence-electron chi connectivity index (χ3n) is 2.53. The highest BCUT2D eigenvalue weighted by molar-refractivity contribution is 5.48.